The van der Waals surface area contributed by atoms with E-state index in [-0.39, 0.29) is 11.9 Å². The van der Waals surface area contributed by atoms with Crippen LogP contribution in [0.15, 0.2) is 36.7 Å². The van der Waals surface area contributed by atoms with Gasteiger partial charge in [0.15, 0.2) is 0 Å². The van der Waals surface area contributed by atoms with E-state index in [1.807, 2.05) is 24.3 Å². The topological polar surface area (TPSA) is 78.5 Å². The quantitative estimate of drug-likeness (QED) is 0.903. The van der Waals surface area contributed by atoms with Crippen molar-refractivity contribution >= 4 is 5.91 Å². The minimum Gasteiger partial charge on any atom is -0.497 e. The number of likely N-dealkylation sites (tertiary alicyclic amines) is 1. The molecule has 0 bridgehead atoms. The van der Waals surface area contributed by atoms with E-state index in [0.717, 1.165) is 24.2 Å². The summed E-state index contributed by atoms with van der Waals surface area (Å²) >= 11 is 0. The fraction of sp³-hybridized carbons (Fsp3) is 0.412. The summed E-state index contributed by atoms with van der Waals surface area (Å²) in [5, 5.41) is 17.6. The van der Waals surface area contributed by atoms with Crippen LogP contribution in [0.3, 0.4) is 0 Å². The number of methoxy groups -OCH3 is 1. The van der Waals surface area contributed by atoms with E-state index in [4.69, 9.17) is 4.74 Å². The van der Waals surface area contributed by atoms with Crippen LogP contribution in [0.5, 0.6) is 5.75 Å². The molecule has 0 unspecified atom stereocenters. The van der Waals surface area contributed by atoms with Crippen molar-refractivity contribution in [2.75, 3.05) is 13.7 Å². The van der Waals surface area contributed by atoms with Gasteiger partial charge in [0.1, 0.15) is 11.4 Å². The van der Waals surface area contributed by atoms with Crippen molar-refractivity contribution in [1.82, 2.24) is 15.1 Å². The van der Waals surface area contributed by atoms with Gasteiger partial charge in [-0.05, 0) is 37.5 Å². The zero-order valence-corrected chi connectivity index (χ0v) is 13.3. The van der Waals surface area contributed by atoms with Crippen molar-refractivity contribution in [2.24, 2.45) is 0 Å². The second-order valence-electron chi connectivity index (χ2n) is 6.02. The molecule has 0 spiro atoms. The summed E-state index contributed by atoms with van der Waals surface area (Å²) in [5.74, 6) is 0.636. The maximum atomic E-state index is 12.6. The van der Waals surface area contributed by atoms with Gasteiger partial charge in [-0.15, -0.1) is 0 Å². The lowest BCUT2D eigenvalue weighted by Gasteiger charge is -2.36. The summed E-state index contributed by atoms with van der Waals surface area (Å²) in [6.07, 6.45) is 4.74. The van der Waals surface area contributed by atoms with Crippen LogP contribution in [-0.4, -0.2) is 45.8 Å². The minimum absolute atomic E-state index is 0.102. The standard InChI is InChI=1S/C17H21N3O3/c1-17(22,13-5-7-14(23-2)8-6-13)15-4-3-9-20(15)16(21)12-10-18-19-11-12/h5-8,10-11,15,22H,3-4,9H2,1-2H3,(H,18,19)/t15-,17-/m1/s1. The second kappa shape index (κ2) is 6.04. The Kier molecular flexibility index (Phi) is 4.09. The van der Waals surface area contributed by atoms with Crippen LogP contribution in [0.25, 0.3) is 0 Å². The lowest BCUT2D eigenvalue weighted by Crippen LogP contribution is -2.48. The Morgan fingerprint density at radius 2 is 2.17 bits per heavy atom. The number of carbonyl (C=O) groups excluding carboxylic acids is 1. The molecule has 6 nitrogen and oxygen atoms in total. The van der Waals surface area contributed by atoms with Gasteiger partial charge in [-0.1, -0.05) is 12.1 Å². The molecule has 0 aliphatic carbocycles. The molecule has 2 heterocycles. The van der Waals surface area contributed by atoms with Crippen LogP contribution in [0.2, 0.25) is 0 Å². The van der Waals surface area contributed by atoms with Crippen molar-refractivity contribution in [3.05, 3.63) is 47.8 Å². The Balaban J connectivity index is 1.86. The summed E-state index contributed by atoms with van der Waals surface area (Å²) in [4.78, 5) is 14.4. The van der Waals surface area contributed by atoms with Gasteiger partial charge in [-0.25, -0.2) is 0 Å². The van der Waals surface area contributed by atoms with E-state index in [1.165, 1.54) is 6.20 Å². The van der Waals surface area contributed by atoms with Crippen LogP contribution >= 0.6 is 0 Å². The molecule has 2 aromatic rings. The number of carbonyl (C=O) groups is 1. The number of aliphatic hydroxyl groups is 1. The Morgan fingerprint density at radius 3 is 2.78 bits per heavy atom. The Hall–Kier alpha value is -2.34. The first kappa shape index (κ1) is 15.6. The van der Waals surface area contributed by atoms with E-state index in [1.54, 1.807) is 25.1 Å². The minimum atomic E-state index is -1.12. The number of amides is 1. The van der Waals surface area contributed by atoms with Gasteiger partial charge in [0.05, 0.1) is 24.9 Å². The van der Waals surface area contributed by atoms with Gasteiger partial charge in [-0.2, -0.15) is 5.10 Å². The fourth-order valence-corrected chi connectivity index (χ4v) is 3.25. The molecular weight excluding hydrogens is 294 g/mol. The summed E-state index contributed by atoms with van der Waals surface area (Å²) < 4.78 is 5.16. The van der Waals surface area contributed by atoms with Crippen molar-refractivity contribution < 1.29 is 14.6 Å². The molecule has 0 radical (unpaired) electrons. The van der Waals surface area contributed by atoms with E-state index in [0.29, 0.717) is 12.1 Å². The number of nitrogens with one attached hydrogen (secondary N) is 1. The zero-order chi connectivity index (χ0) is 16.4. The SMILES string of the molecule is COc1ccc([C@@](C)(O)[C@H]2CCCN2C(=O)c2cn[nH]c2)cc1. The van der Waals surface area contributed by atoms with Gasteiger partial charge in [0.2, 0.25) is 0 Å². The summed E-state index contributed by atoms with van der Waals surface area (Å²) in [6, 6.07) is 7.07. The van der Waals surface area contributed by atoms with Gasteiger partial charge in [-0.3, -0.25) is 9.89 Å². The summed E-state index contributed by atoms with van der Waals surface area (Å²) in [5.41, 5.74) is 0.167. The molecule has 1 aromatic heterocycles. The van der Waals surface area contributed by atoms with E-state index >= 15 is 0 Å². The van der Waals surface area contributed by atoms with Crippen LogP contribution in [-0.2, 0) is 5.60 Å². The smallest absolute Gasteiger partial charge is 0.257 e. The molecule has 1 aliphatic rings. The molecular formula is C17H21N3O3. The Morgan fingerprint density at radius 1 is 1.43 bits per heavy atom. The molecule has 122 valence electrons. The predicted octanol–water partition coefficient (Wildman–Crippen LogP) is 1.93. The number of H-pyrrole nitrogens is 1. The molecule has 2 N–H and O–H groups in total. The van der Waals surface area contributed by atoms with Crippen molar-refractivity contribution in [3.63, 3.8) is 0 Å². The molecule has 1 amide bonds. The second-order valence-corrected chi connectivity index (χ2v) is 6.02. The third kappa shape index (κ3) is 2.82. The maximum absolute atomic E-state index is 12.6. The number of aromatic nitrogens is 2. The average molecular weight is 315 g/mol. The van der Waals surface area contributed by atoms with Crippen molar-refractivity contribution in [3.8, 4) is 5.75 Å². The monoisotopic (exact) mass is 315 g/mol. The maximum Gasteiger partial charge on any atom is 0.257 e. The number of nitrogens with zero attached hydrogens (tertiary/aromatic N) is 2. The normalized spacial score (nSPS) is 20.3. The van der Waals surface area contributed by atoms with Gasteiger partial charge in [0.25, 0.3) is 5.91 Å². The lowest BCUT2D eigenvalue weighted by atomic mass is 9.86. The number of ether oxygens (including phenoxy) is 1. The van der Waals surface area contributed by atoms with Gasteiger partial charge >= 0.3 is 0 Å². The molecule has 6 heteroatoms. The largest absolute Gasteiger partial charge is 0.497 e. The third-order valence-corrected chi connectivity index (χ3v) is 4.58. The van der Waals surface area contributed by atoms with E-state index in [9.17, 15) is 9.90 Å². The van der Waals surface area contributed by atoms with Gasteiger partial charge < -0.3 is 14.7 Å². The highest BCUT2D eigenvalue weighted by Gasteiger charge is 2.42. The first-order chi connectivity index (χ1) is 11.0. The molecule has 2 atom stereocenters. The number of rotatable bonds is 4. The number of benzene rings is 1. The van der Waals surface area contributed by atoms with E-state index in [2.05, 4.69) is 10.2 Å². The molecule has 1 aliphatic heterocycles. The molecule has 1 saturated heterocycles. The molecule has 23 heavy (non-hydrogen) atoms. The highest BCUT2D eigenvalue weighted by molar-refractivity contribution is 5.94. The molecule has 1 fully saturated rings. The van der Waals surface area contributed by atoms with Crippen LogP contribution in [0, 0.1) is 0 Å². The number of hydrogen-bond donors (Lipinski definition) is 2. The summed E-state index contributed by atoms with van der Waals surface area (Å²) in [7, 11) is 1.61. The molecule has 3 rings (SSSR count). The zero-order valence-electron chi connectivity index (χ0n) is 13.3. The molecule has 1 aromatic carbocycles. The lowest BCUT2D eigenvalue weighted by molar-refractivity contribution is -0.0177. The van der Waals surface area contributed by atoms with Gasteiger partial charge in [0, 0.05) is 12.7 Å². The average Bonchev–Trinajstić information content (AvgIpc) is 3.25. The Bertz CT molecular complexity index is 665. The predicted molar refractivity (Wildman–Crippen MR) is 85.2 cm³/mol. The van der Waals surface area contributed by atoms with E-state index < -0.39 is 5.60 Å². The first-order valence-corrected chi connectivity index (χ1v) is 7.70. The molecule has 0 saturated carbocycles. The summed E-state index contributed by atoms with van der Waals surface area (Å²) in [6.45, 7) is 2.40. The fourth-order valence-electron chi connectivity index (χ4n) is 3.25. The van der Waals surface area contributed by atoms with Crippen molar-refractivity contribution in [2.45, 2.75) is 31.4 Å². The number of hydrogen-bond acceptors (Lipinski definition) is 4. The van der Waals surface area contributed by atoms with Crippen LogP contribution in [0.1, 0.15) is 35.7 Å². The van der Waals surface area contributed by atoms with Crippen LogP contribution in [0.4, 0.5) is 0 Å². The first-order valence-electron chi connectivity index (χ1n) is 7.70. The highest BCUT2D eigenvalue weighted by Crippen LogP contribution is 2.36. The Labute approximate surface area is 135 Å². The number of aromatic amines is 1. The van der Waals surface area contributed by atoms with Crippen LogP contribution < -0.4 is 4.74 Å². The highest BCUT2D eigenvalue weighted by atomic mass is 16.5. The third-order valence-electron chi connectivity index (χ3n) is 4.58. The van der Waals surface area contributed by atoms with Crippen molar-refractivity contribution in [1.29, 1.82) is 0 Å².